The van der Waals surface area contributed by atoms with Gasteiger partial charge in [-0.15, -0.1) is 0 Å². The second kappa shape index (κ2) is 7.25. The monoisotopic (exact) mass is 406 g/mol. The average molecular weight is 407 g/mol. The van der Waals surface area contributed by atoms with E-state index in [2.05, 4.69) is 6.92 Å². The van der Waals surface area contributed by atoms with E-state index in [1.807, 2.05) is 13.8 Å². The average Bonchev–Trinajstić information content (AvgIpc) is 2.94. The van der Waals surface area contributed by atoms with Crippen molar-refractivity contribution in [1.29, 1.82) is 0 Å². The molecule has 5 heteroatoms. The van der Waals surface area contributed by atoms with Crippen LogP contribution >= 0.6 is 0 Å². The molecule has 0 aromatic heterocycles. The van der Waals surface area contributed by atoms with Gasteiger partial charge >= 0.3 is 11.9 Å². The molecule has 5 nitrogen and oxygen atoms in total. The molecule has 29 heavy (non-hydrogen) atoms. The molecule has 0 aliphatic heterocycles. The lowest BCUT2D eigenvalue weighted by atomic mass is 9.41. The van der Waals surface area contributed by atoms with Crippen LogP contribution in [0.25, 0.3) is 0 Å². The number of hydrogen-bond acceptors (Lipinski definition) is 4. The first-order chi connectivity index (χ1) is 13.7. The van der Waals surface area contributed by atoms with Gasteiger partial charge in [0.15, 0.2) is 0 Å². The molecular weight excluding hydrogens is 368 g/mol. The van der Waals surface area contributed by atoms with E-state index in [0.29, 0.717) is 30.8 Å². The molecule has 0 radical (unpaired) electrons. The summed E-state index contributed by atoms with van der Waals surface area (Å²) >= 11 is 0. The van der Waals surface area contributed by atoms with Crippen molar-refractivity contribution in [2.24, 2.45) is 45.8 Å². The highest BCUT2D eigenvalue weighted by Crippen LogP contribution is 2.72. The Bertz CT molecular complexity index is 674. The van der Waals surface area contributed by atoms with Crippen molar-refractivity contribution in [3.8, 4) is 0 Å². The highest BCUT2D eigenvalue weighted by molar-refractivity contribution is 5.75. The van der Waals surface area contributed by atoms with Crippen molar-refractivity contribution in [3.05, 3.63) is 0 Å². The van der Waals surface area contributed by atoms with Crippen molar-refractivity contribution in [2.75, 3.05) is 13.2 Å². The highest BCUT2D eigenvalue weighted by Gasteiger charge is 2.66. The van der Waals surface area contributed by atoms with Crippen LogP contribution in [0.3, 0.4) is 0 Å². The van der Waals surface area contributed by atoms with Crippen LogP contribution in [-0.4, -0.2) is 35.4 Å². The molecule has 0 unspecified atom stereocenters. The summed E-state index contributed by atoms with van der Waals surface area (Å²) in [6, 6.07) is 0. The first-order valence-electron chi connectivity index (χ1n) is 11.7. The maximum Gasteiger partial charge on any atom is 0.312 e. The maximum atomic E-state index is 12.3. The first-order valence-corrected chi connectivity index (χ1v) is 11.7. The Balaban J connectivity index is 1.57. The summed E-state index contributed by atoms with van der Waals surface area (Å²) in [7, 11) is 0. The molecule has 0 heterocycles. The number of hydrogen-bond donors (Lipinski definition) is 2. The first kappa shape index (κ1) is 21.1. The lowest BCUT2D eigenvalue weighted by Gasteiger charge is -2.63. The van der Waals surface area contributed by atoms with Gasteiger partial charge in [0.25, 0.3) is 0 Å². The number of aliphatic carboxylic acids is 1. The molecule has 1 spiro atoms. The largest absolute Gasteiger partial charge is 0.481 e. The number of esters is 1. The molecule has 0 amide bonds. The minimum absolute atomic E-state index is 0.00785. The van der Waals surface area contributed by atoms with E-state index in [1.165, 1.54) is 6.42 Å². The molecule has 0 aromatic carbocycles. The minimum Gasteiger partial charge on any atom is -0.481 e. The number of carbonyl (C=O) groups is 2. The Morgan fingerprint density at radius 1 is 1.07 bits per heavy atom. The summed E-state index contributed by atoms with van der Waals surface area (Å²) in [5.41, 5.74) is -0.692. The van der Waals surface area contributed by atoms with Gasteiger partial charge in [-0.25, -0.2) is 0 Å². The van der Waals surface area contributed by atoms with Gasteiger partial charge in [-0.2, -0.15) is 0 Å². The third-order valence-corrected chi connectivity index (χ3v) is 9.72. The second-order valence-electron chi connectivity index (χ2n) is 11.3. The molecule has 2 bridgehead atoms. The Morgan fingerprint density at radius 3 is 2.48 bits per heavy atom. The SMILES string of the molecule is CC(C)C(=O)OC[C@H]1C[C@@]23CC[C@@H]4[C@](CO)(C(=O)O)CCC[C@@]4(C)[C@@H]2CC[C@H]1C3. The number of fused-ring (bicyclic) bond motifs is 3. The van der Waals surface area contributed by atoms with Crippen LogP contribution < -0.4 is 0 Å². The fourth-order valence-electron chi connectivity index (χ4n) is 8.46. The summed E-state index contributed by atoms with van der Waals surface area (Å²) in [5, 5.41) is 20.2. The van der Waals surface area contributed by atoms with E-state index in [0.717, 1.165) is 44.9 Å². The Hall–Kier alpha value is -1.10. The number of aliphatic hydroxyl groups excluding tert-OH is 1. The van der Waals surface area contributed by atoms with E-state index < -0.39 is 11.4 Å². The number of aliphatic hydroxyl groups is 1. The normalized spacial score (nSPS) is 46.1. The van der Waals surface area contributed by atoms with Gasteiger partial charge in [-0.05, 0) is 85.9 Å². The quantitative estimate of drug-likeness (QED) is 0.666. The fourth-order valence-corrected chi connectivity index (χ4v) is 8.46. The summed E-state index contributed by atoms with van der Waals surface area (Å²) < 4.78 is 5.64. The van der Waals surface area contributed by atoms with Gasteiger partial charge in [-0.1, -0.05) is 27.2 Å². The molecule has 7 atom stereocenters. The number of carboxylic acids is 1. The number of carboxylic acid groups (broad SMARTS) is 1. The third-order valence-electron chi connectivity index (χ3n) is 9.72. The van der Waals surface area contributed by atoms with Gasteiger partial charge in [0.2, 0.25) is 0 Å². The van der Waals surface area contributed by atoms with Crippen molar-refractivity contribution in [1.82, 2.24) is 0 Å². The third kappa shape index (κ3) is 3.05. The number of rotatable bonds is 5. The van der Waals surface area contributed by atoms with Crippen LogP contribution in [0.2, 0.25) is 0 Å². The topological polar surface area (TPSA) is 83.8 Å². The molecule has 164 valence electrons. The van der Waals surface area contributed by atoms with Crippen molar-refractivity contribution in [3.63, 3.8) is 0 Å². The van der Waals surface area contributed by atoms with Gasteiger partial charge < -0.3 is 14.9 Å². The summed E-state index contributed by atoms with van der Waals surface area (Å²) in [6.45, 7) is 6.41. The van der Waals surface area contributed by atoms with Crippen LogP contribution in [0.5, 0.6) is 0 Å². The zero-order valence-electron chi connectivity index (χ0n) is 18.3. The zero-order chi connectivity index (χ0) is 21.0. The molecule has 4 fully saturated rings. The molecule has 0 saturated heterocycles. The van der Waals surface area contributed by atoms with Crippen LogP contribution in [0.1, 0.15) is 78.6 Å². The van der Waals surface area contributed by atoms with Gasteiger partial charge in [-0.3, -0.25) is 9.59 Å². The van der Waals surface area contributed by atoms with E-state index in [9.17, 15) is 19.8 Å². The Kier molecular flexibility index (Phi) is 5.28. The van der Waals surface area contributed by atoms with Crippen LogP contribution in [0.15, 0.2) is 0 Å². The van der Waals surface area contributed by atoms with Gasteiger partial charge in [0.1, 0.15) is 0 Å². The summed E-state index contributed by atoms with van der Waals surface area (Å²) in [5.74, 6) is 0.701. The van der Waals surface area contributed by atoms with E-state index in [-0.39, 0.29) is 35.2 Å². The van der Waals surface area contributed by atoms with Crippen LogP contribution in [0.4, 0.5) is 0 Å². The lowest BCUT2D eigenvalue weighted by molar-refractivity contribution is -0.191. The molecule has 4 aliphatic rings. The molecule has 4 aliphatic carbocycles. The smallest absolute Gasteiger partial charge is 0.312 e. The minimum atomic E-state index is -0.962. The number of ether oxygens (including phenoxy) is 1. The van der Waals surface area contributed by atoms with Gasteiger partial charge in [0, 0.05) is 0 Å². The fraction of sp³-hybridized carbons (Fsp3) is 0.917. The van der Waals surface area contributed by atoms with E-state index in [4.69, 9.17) is 4.74 Å². The van der Waals surface area contributed by atoms with E-state index in [1.54, 1.807) is 0 Å². The Labute approximate surface area is 174 Å². The van der Waals surface area contributed by atoms with Crippen LogP contribution in [-0.2, 0) is 14.3 Å². The zero-order valence-corrected chi connectivity index (χ0v) is 18.3. The second-order valence-corrected chi connectivity index (χ2v) is 11.3. The number of carbonyl (C=O) groups excluding carboxylic acids is 1. The molecule has 2 N–H and O–H groups in total. The van der Waals surface area contributed by atoms with Crippen LogP contribution in [0, 0.1) is 45.8 Å². The predicted octanol–water partition coefficient (Wildman–Crippen LogP) is 4.27. The maximum absolute atomic E-state index is 12.3. The highest BCUT2D eigenvalue weighted by atomic mass is 16.5. The van der Waals surface area contributed by atoms with E-state index >= 15 is 0 Å². The molecule has 4 rings (SSSR count). The standard InChI is InChI=1S/C24H38O5/c1-15(2)20(26)29-13-17-12-23-10-7-19-22(3,18(23)6-5-16(17)11-23)8-4-9-24(19,14-25)21(27)28/h15-19,25H,4-14H2,1-3H3,(H,27,28)/t16-,17+,18-,19-,22-,23-,24-/m0/s1. The Morgan fingerprint density at radius 2 is 1.83 bits per heavy atom. The summed E-state index contributed by atoms with van der Waals surface area (Å²) in [4.78, 5) is 24.2. The summed E-state index contributed by atoms with van der Waals surface area (Å²) in [6.07, 6.45) is 9.21. The van der Waals surface area contributed by atoms with Crippen molar-refractivity contribution in [2.45, 2.75) is 78.6 Å². The lowest BCUT2D eigenvalue weighted by Crippen LogP contribution is -2.60. The van der Waals surface area contributed by atoms with Gasteiger partial charge in [0.05, 0.1) is 24.5 Å². The molecular formula is C24H38O5. The predicted molar refractivity (Wildman–Crippen MR) is 109 cm³/mol. The van der Waals surface area contributed by atoms with Crippen molar-refractivity contribution >= 4 is 11.9 Å². The van der Waals surface area contributed by atoms with Crippen molar-refractivity contribution < 1.29 is 24.5 Å². The molecule has 4 saturated carbocycles. The molecule has 0 aromatic rings.